The Balaban J connectivity index is 1.26. The van der Waals surface area contributed by atoms with Crippen molar-refractivity contribution in [2.24, 2.45) is 0 Å². The van der Waals surface area contributed by atoms with E-state index in [0.29, 0.717) is 0 Å². The van der Waals surface area contributed by atoms with Gasteiger partial charge in [0.1, 0.15) is 11.5 Å². The van der Waals surface area contributed by atoms with Crippen LogP contribution >= 0.6 is 0 Å². The number of ether oxygens (including phenoxy) is 2. The average molecular weight is 694 g/mol. The first-order valence-electron chi connectivity index (χ1n) is 18.3. The Hall–Kier alpha value is -7.18. The van der Waals surface area contributed by atoms with Crippen molar-refractivity contribution in [3.8, 4) is 23.0 Å². The fourth-order valence-electron chi connectivity index (χ4n) is 8.46. The predicted octanol–water partition coefficient (Wildman–Crippen LogP) is 11.1. The first kappa shape index (κ1) is 30.5. The summed E-state index contributed by atoms with van der Waals surface area (Å²) in [6, 6.07) is 67.9. The van der Waals surface area contributed by atoms with Crippen molar-refractivity contribution in [1.29, 1.82) is 0 Å². The van der Waals surface area contributed by atoms with E-state index in [1.807, 2.05) is 0 Å². The van der Waals surface area contributed by atoms with Crippen molar-refractivity contribution in [1.82, 2.24) is 0 Å². The summed E-state index contributed by atoms with van der Waals surface area (Å²) >= 11 is 0. The number of hydrogen-bond donors (Lipinski definition) is 0. The van der Waals surface area contributed by atoms with E-state index in [-0.39, 0.29) is 6.71 Å². The molecule has 0 unspecified atom stereocenters. The van der Waals surface area contributed by atoms with Gasteiger partial charge in [-0.25, -0.2) is 0 Å². The molecule has 0 radical (unpaired) electrons. The van der Waals surface area contributed by atoms with Crippen LogP contribution in [0.25, 0.3) is 0 Å². The summed E-state index contributed by atoms with van der Waals surface area (Å²) in [6.45, 7) is -0.143. The van der Waals surface area contributed by atoms with E-state index in [2.05, 4.69) is 209 Å². The van der Waals surface area contributed by atoms with Gasteiger partial charge in [-0.3, -0.25) is 0 Å². The molecular formula is C48H32BN3O2. The second-order valence-corrected chi connectivity index (χ2v) is 13.7. The number of rotatable bonds is 7. The Morgan fingerprint density at radius 3 is 1.13 bits per heavy atom. The molecule has 254 valence electrons. The van der Waals surface area contributed by atoms with Gasteiger partial charge < -0.3 is 24.2 Å². The molecule has 0 fully saturated rings. The van der Waals surface area contributed by atoms with Gasteiger partial charge in [0, 0.05) is 45.3 Å². The molecule has 0 aliphatic carbocycles. The lowest BCUT2D eigenvalue weighted by Crippen LogP contribution is -2.61. The molecule has 5 nitrogen and oxygen atoms in total. The summed E-state index contributed by atoms with van der Waals surface area (Å²) < 4.78 is 14.5. The van der Waals surface area contributed by atoms with E-state index < -0.39 is 0 Å². The van der Waals surface area contributed by atoms with E-state index in [0.717, 1.165) is 90.6 Å². The van der Waals surface area contributed by atoms with Crippen LogP contribution in [0, 0.1) is 0 Å². The van der Waals surface area contributed by atoms with Crippen LogP contribution in [0.5, 0.6) is 23.0 Å². The second kappa shape index (κ2) is 12.2. The maximum Gasteiger partial charge on any atom is 0.266 e. The SMILES string of the molecule is c1ccc(N(c2ccccc2)c2cc(N(c3ccccc3)c3ccccc3)c3c4c2Oc2cccc5c2B4c2c(cccc2N5c2ccccc2)O3)cc1. The third-order valence-corrected chi connectivity index (χ3v) is 10.6. The molecule has 0 N–H and O–H groups in total. The highest BCUT2D eigenvalue weighted by molar-refractivity contribution is 7.00. The summed E-state index contributed by atoms with van der Waals surface area (Å²) in [5.74, 6) is 3.26. The number of nitrogens with zero attached hydrogens (tertiary/aromatic N) is 3. The molecular weight excluding hydrogens is 661 g/mol. The summed E-state index contributed by atoms with van der Waals surface area (Å²) in [7, 11) is 0. The van der Waals surface area contributed by atoms with Crippen LogP contribution < -0.4 is 40.6 Å². The van der Waals surface area contributed by atoms with Gasteiger partial charge in [-0.2, -0.15) is 0 Å². The number of para-hydroxylation sites is 5. The molecule has 3 aliphatic rings. The highest BCUT2D eigenvalue weighted by Gasteiger charge is 2.49. The molecule has 0 bridgehead atoms. The monoisotopic (exact) mass is 693 g/mol. The Morgan fingerprint density at radius 2 is 0.741 bits per heavy atom. The molecule has 0 saturated heterocycles. The molecule has 0 amide bonds. The third kappa shape index (κ3) is 4.60. The highest BCUT2D eigenvalue weighted by Crippen LogP contribution is 2.54. The van der Waals surface area contributed by atoms with Gasteiger partial charge >= 0.3 is 0 Å². The number of hydrogen-bond acceptors (Lipinski definition) is 5. The first-order valence-corrected chi connectivity index (χ1v) is 18.3. The zero-order chi connectivity index (χ0) is 35.6. The van der Waals surface area contributed by atoms with E-state index in [4.69, 9.17) is 9.47 Å². The van der Waals surface area contributed by atoms with Crippen LogP contribution in [-0.4, -0.2) is 6.71 Å². The van der Waals surface area contributed by atoms with Crippen molar-refractivity contribution >= 4 is 74.3 Å². The smallest absolute Gasteiger partial charge is 0.266 e. The minimum Gasteiger partial charge on any atom is -0.456 e. The first-order chi connectivity index (χ1) is 26.8. The summed E-state index contributed by atoms with van der Waals surface area (Å²) in [5.41, 5.74) is 12.5. The second-order valence-electron chi connectivity index (χ2n) is 13.7. The van der Waals surface area contributed by atoms with Crippen LogP contribution in [0.1, 0.15) is 0 Å². The molecule has 0 spiro atoms. The number of benzene rings is 8. The molecule has 6 heteroatoms. The Labute approximate surface area is 314 Å². The largest absolute Gasteiger partial charge is 0.456 e. The third-order valence-electron chi connectivity index (χ3n) is 10.6. The van der Waals surface area contributed by atoms with E-state index in [1.54, 1.807) is 0 Å². The fourth-order valence-corrected chi connectivity index (χ4v) is 8.46. The van der Waals surface area contributed by atoms with Gasteiger partial charge in [-0.15, -0.1) is 0 Å². The molecule has 0 atom stereocenters. The van der Waals surface area contributed by atoms with E-state index in [1.165, 1.54) is 0 Å². The van der Waals surface area contributed by atoms with Crippen LogP contribution in [0.4, 0.5) is 51.2 Å². The average Bonchev–Trinajstić information content (AvgIpc) is 3.24. The van der Waals surface area contributed by atoms with Crippen LogP contribution in [-0.2, 0) is 0 Å². The predicted molar refractivity (Wildman–Crippen MR) is 222 cm³/mol. The van der Waals surface area contributed by atoms with Crippen molar-refractivity contribution in [3.05, 3.63) is 194 Å². The van der Waals surface area contributed by atoms with Gasteiger partial charge in [0.25, 0.3) is 6.71 Å². The Kier molecular flexibility index (Phi) is 6.89. The van der Waals surface area contributed by atoms with Gasteiger partial charge in [-0.1, -0.05) is 103 Å². The van der Waals surface area contributed by atoms with E-state index >= 15 is 0 Å². The minimum absolute atomic E-state index is 0.143. The summed E-state index contributed by atoms with van der Waals surface area (Å²) in [5, 5.41) is 0. The van der Waals surface area contributed by atoms with Crippen molar-refractivity contribution in [2.75, 3.05) is 14.7 Å². The minimum atomic E-state index is -0.143. The van der Waals surface area contributed by atoms with Crippen molar-refractivity contribution in [2.45, 2.75) is 0 Å². The van der Waals surface area contributed by atoms with Gasteiger partial charge in [0.05, 0.1) is 11.4 Å². The summed E-state index contributed by atoms with van der Waals surface area (Å²) in [6.07, 6.45) is 0. The molecule has 3 aliphatic heterocycles. The molecule has 3 heterocycles. The zero-order valence-electron chi connectivity index (χ0n) is 29.2. The Morgan fingerprint density at radius 1 is 0.370 bits per heavy atom. The molecule has 8 aromatic carbocycles. The Bertz CT molecular complexity index is 2430. The molecule has 54 heavy (non-hydrogen) atoms. The lowest BCUT2D eigenvalue weighted by molar-refractivity contribution is 0.465. The zero-order valence-corrected chi connectivity index (χ0v) is 29.2. The molecule has 8 aromatic rings. The molecule has 0 aromatic heterocycles. The summed E-state index contributed by atoms with van der Waals surface area (Å²) in [4.78, 5) is 6.97. The molecule has 11 rings (SSSR count). The topological polar surface area (TPSA) is 28.2 Å². The fraction of sp³-hybridized carbons (Fsp3) is 0. The standard InChI is InChI=1S/C48H32BN3O2/c1-6-18-33(19-7-1)50(34-20-8-2-9-21-34)40-32-41(51(35-22-10-3-11-23-35)36-24-12-4-13-25-36)48-46-47(40)53-42-30-16-28-38-44(42)49(46)45-39(29-17-31-43(45)54-48)52(38)37-26-14-5-15-27-37/h1-32H. The number of anilines is 9. The van der Waals surface area contributed by atoms with E-state index in [9.17, 15) is 0 Å². The lowest BCUT2D eigenvalue weighted by Gasteiger charge is -2.44. The maximum atomic E-state index is 7.27. The van der Waals surface area contributed by atoms with Crippen LogP contribution in [0.3, 0.4) is 0 Å². The van der Waals surface area contributed by atoms with Crippen molar-refractivity contribution < 1.29 is 9.47 Å². The van der Waals surface area contributed by atoms with Gasteiger partial charge in [0.15, 0.2) is 11.5 Å². The molecule has 0 saturated carbocycles. The quantitative estimate of drug-likeness (QED) is 0.155. The highest BCUT2D eigenvalue weighted by atomic mass is 16.5. The van der Waals surface area contributed by atoms with Gasteiger partial charge in [-0.05, 0) is 102 Å². The van der Waals surface area contributed by atoms with Crippen molar-refractivity contribution in [3.63, 3.8) is 0 Å². The lowest BCUT2D eigenvalue weighted by atomic mass is 9.33. The van der Waals surface area contributed by atoms with Crippen LogP contribution in [0.2, 0.25) is 0 Å². The maximum absolute atomic E-state index is 7.27. The normalized spacial score (nSPS) is 12.7. The van der Waals surface area contributed by atoms with Crippen LogP contribution in [0.15, 0.2) is 194 Å². The van der Waals surface area contributed by atoms with Gasteiger partial charge in [0.2, 0.25) is 0 Å².